The molecule has 3 aromatic rings. The van der Waals surface area contributed by atoms with Crippen LogP contribution in [0.25, 0.3) is 0 Å². The lowest BCUT2D eigenvalue weighted by Crippen LogP contribution is -2.25. The molecule has 0 amide bonds. The highest BCUT2D eigenvalue weighted by atomic mass is 32.2. The SMILES string of the molecule is O=S(=O)(c1ccsc1)N(c1ccccc1)c1ccccc1. The second-order valence-corrected chi connectivity index (χ2v) is 6.97. The maximum atomic E-state index is 12.9. The van der Waals surface area contributed by atoms with Crippen LogP contribution in [-0.2, 0) is 10.0 Å². The fourth-order valence-corrected chi connectivity index (χ4v) is 4.56. The van der Waals surface area contributed by atoms with E-state index in [1.165, 1.54) is 15.6 Å². The predicted molar refractivity (Wildman–Crippen MR) is 86.5 cm³/mol. The molecule has 0 aliphatic heterocycles. The van der Waals surface area contributed by atoms with E-state index < -0.39 is 10.0 Å². The van der Waals surface area contributed by atoms with Crippen molar-refractivity contribution in [2.24, 2.45) is 0 Å². The summed E-state index contributed by atoms with van der Waals surface area (Å²) >= 11 is 1.37. The van der Waals surface area contributed by atoms with Crippen molar-refractivity contribution in [3.05, 3.63) is 77.5 Å². The van der Waals surface area contributed by atoms with Gasteiger partial charge in [0.15, 0.2) is 0 Å². The number of nitrogens with zero attached hydrogens (tertiary/aromatic N) is 1. The molecule has 106 valence electrons. The number of rotatable bonds is 4. The van der Waals surface area contributed by atoms with Crippen LogP contribution in [0.2, 0.25) is 0 Å². The Bertz CT molecular complexity index is 759. The molecule has 0 aliphatic rings. The zero-order chi connectivity index (χ0) is 14.7. The second kappa shape index (κ2) is 5.71. The predicted octanol–water partition coefficient (Wildman–Crippen LogP) is 4.28. The summed E-state index contributed by atoms with van der Waals surface area (Å²) in [6.45, 7) is 0. The van der Waals surface area contributed by atoms with E-state index in [9.17, 15) is 8.42 Å². The van der Waals surface area contributed by atoms with Crippen LogP contribution in [0.1, 0.15) is 0 Å². The first-order valence-corrected chi connectivity index (χ1v) is 8.75. The summed E-state index contributed by atoms with van der Waals surface area (Å²) < 4.78 is 27.2. The van der Waals surface area contributed by atoms with Gasteiger partial charge in [-0.3, -0.25) is 0 Å². The van der Waals surface area contributed by atoms with Gasteiger partial charge in [-0.2, -0.15) is 11.3 Å². The number of para-hydroxylation sites is 2. The van der Waals surface area contributed by atoms with Crippen molar-refractivity contribution in [3.63, 3.8) is 0 Å². The van der Waals surface area contributed by atoms with Crippen molar-refractivity contribution >= 4 is 32.7 Å². The smallest absolute Gasteiger partial charge is 0.234 e. The number of hydrogen-bond acceptors (Lipinski definition) is 3. The zero-order valence-corrected chi connectivity index (χ0v) is 12.7. The molecule has 0 fully saturated rings. The molecule has 0 aliphatic carbocycles. The van der Waals surface area contributed by atoms with E-state index in [-0.39, 0.29) is 0 Å². The molecule has 0 atom stereocenters. The van der Waals surface area contributed by atoms with Crippen molar-refractivity contribution in [2.45, 2.75) is 4.90 Å². The number of thiophene rings is 1. The van der Waals surface area contributed by atoms with Gasteiger partial charge >= 0.3 is 0 Å². The maximum Gasteiger partial charge on any atom is 0.269 e. The Morgan fingerprint density at radius 1 is 0.762 bits per heavy atom. The average molecular weight is 315 g/mol. The van der Waals surface area contributed by atoms with E-state index in [1.807, 2.05) is 36.4 Å². The number of hydrogen-bond donors (Lipinski definition) is 0. The van der Waals surface area contributed by atoms with Gasteiger partial charge in [-0.25, -0.2) is 12.7 Å². The Morgan fingerprint density at radius 3 is 1.71 bits per heavy atom. The fraction of sp³-hybridized carbons (Fsp3) is 0. The average Bonchev–Trinajstić information content (AvgIpc) is 3.04. The molecule has 5 heteroatoms. The molecular weight excluding hydrogens is 302 g/mol. The van der Waals surface area contributed by atoms with Gasteiger partial charge in [0.25, 0.3) is 10.0 Å². The summed E-state index contributed by atoms with van der Waals surface area (Å²) in [5.41, 5.74) is 1.24. The topological polar surface area (TPSA) is 37.4 Å². The number of sulfonamides is 1. The zero-order valence-electron chi connectivity index (χ0n) is 11.1. The molecule has 1 heterocycles. The summed E-state index contributed by atoms with van der Waals surface area (Å²) in [6, 6.07) is 19.8. The molecule has 0 bridgehead atoms. The van der Waals surface area contributed by atoms with Crippen LogP contribution in [-0.4, -0.2) is 8.42 Å². The lowest BCUT2D eigenvalue weighted by Gasteiger charge is -2.24. The second-order valence-electron chi connectivity index (χ2n) is 4.40. The third-order valence-corrected chi connectivity index (χ3v) is 5.60. The minimum Gasteiger partial charge on any atom is -0.234 e. The highest BCUT2D eigenvalue weighted by Gasteiger charge is 2.26. The van der Waals surface area contributed by atoms with Gasteiger partial charge in [-0.15, -0.1) is 0 Å². The van der Waals surface area contributed by atoms with Gasteiger partial charge in [0, 0.05) is 5.38 Å². The van der Waals surface area contributed by atoms with Crippen LogP contribution >= 0.6 is 11.3 Å². The van der Waals surface area contributed by atoms with Gasteiger partial charge in [0.2, 0.25) is 0 Å². The molecule has 0 spiro atoms. The largest absolute Gasteiger partial charge is 0.269 e. The molecule has 0 radical (unpaired) electrons. The molecule has 0 saturated heterocycles. The van der Waals surface area contributed by atoms with Crippen LogP contribution < -0.4 is 4.31 Å². The van der Waals surface area contributed by atoms with Gasteiger partial charge in [-0.1, -0.05) is 36.4 Å². The molecule has 0 saturated carbocycles. The van der Waals surface area contributed by atoms with E-state index in [2.05, 4.69) is 0 Å². The number of benzene rings is 2. The first-order chi connectivity index (χ1) is 10.2. The van der Waals surface area contributed by atoms with E-state index in [1.54, 1.807) is 41.1 Å². The fourth-order valence-electron chi connectivity index (χ4n) is 2.06. The summed E-state index contributed by atoms with van der Waals surface area (Å²) in [7, 11) is -3.62. The van der Waals surface area contributed by atoms with Gasteiger partial charge in [-0.05, 0) is 35.7 Å². The normalized spacial score (nSPS) is 11.2. The molecule has 3 nitrogen and oxygen atoms in total. The Kier molecular flexibility index (Phi) is 3.77. The minimum atomic E-state index is -3.62. The molecule has 3 rings (SSSR count). The third kappa shape index (κ3) is 2.70. The lowest BCUT2D eigenvalue weighted by molar-refractivity contribution is 0.596. The molecular formula is C16H13NO2S2. The Labute approximate surface area is 128 Å². The third-order valence-electron chi connectivity index (χ3n) is 3.01. The quantitative estimate of drug-likeness (QED) is 0.721. The first kappa shape index (κ1) is 13.9. The molecule has 21 heavy (non-hydrogen) atoms. The molecule has 0 unspecified atom stereocenters. The summed E-state index contributed by atoms with van der Waals surface area (Å²) in [6.07, 6.45) is 0. The maximum absolute atomic E-state index is 12.9. The summed E-state index contributed by atoms with van der Waals surface area (Å²) in [5, 5.41) is 3.41. The highest BCUT2D eigenvalue weighted by Crippen LogP contribution is 2.32. The molecule has 1 aromatic heterocycles. The van der Waals surface area contributed by atoms with Crippen LogP contribution in [0.15, 0.2) is 82.4 Å². The van der Waals surface area contributed by atoms with Crippen molar-refractivity contribution in [1.29, 1.82) is 0 Å². The van der Waals surface area contributed by atoms with Crippen molar-refractivity contribution in [2.75, 3.05) is 4.31 Å². The van der Waals surface area contributed by atoms with Gasteiger partial charge < -0.3 is 0 Å². The highest BCUT2D eigenvalue weighted by molar-refractivity contribution is 7.93. The van der Waals surface area contributed by atoms with Crippen molar-refractivity contribution < 1.29 is 8.42 Å². The van der Waals surface area contributed by atoms with E-state index in [4.69, 9.17) is 0 Å². The van der Waals surface area contributed by atoms with Gasteiger partial charge in [0.05, 0.1) is 16.3 Å². The first-order valence-electron chi connectivity index (χ1n) is 6.37. The van der Waals surface area contributed by atoms with Gasteiger partial charge in [0.1, 0.15) is 0 Å². The molecule has 2 aromatic carbocycles. The number of anilines is 2. The van der Waals surface area contributed by atoms with Crippen molar-refractivity contribution in [1.82, 2.24) is 0 Å². The van der Waals surface area contributed by atoms with E-state index in [0.29, 0.717) is 16.3 Å². The van der Waals surface area contributed by atoms with Crippen LogP contribution in [0.4, 0.5) is 11.4 Å². The monoisotopic (exact) mass is 315 g/mol. The Morgan fingerprint density at radius 2 is 1.29 bits per heavy atom. The standard InChI is InChI=1S/C16H13NO2S2/c18-21(19,16-11-12-20-13-16)17(14-7-3-1-4-8-14)15-9-5-2-6-10-15/h1-13H. The lowest BCUT2D eigenvalue weighted by atomic mass is 10.3. The van der Waals surface area contributed by atoms with E-state index in [0.717, 1.165) is 0 Å². The van der Waals surface area contributed by atoms with Crippen LogP contribution in [0.5, 0.6) is 0 Å². The Balaban J connectivity index is 2.19. The Hall–Kier alpha value is -2.11. The minimum absolute atomic E-state index is 0.306. The summed E-state index contributed by atoms with van der Waals surface area (Å²) in [5.74, 6) is 0. The van der Waals surface area contributed by atoms with Crippen molar-refractivity contribution in [3.8, 4) is 0 Å². The van der Waals surface area contributed by atoms with E-state index >= 15 is 0 Å². The van der Waals surface area contributed by atoms with Crippen LogP contribution in [0.3, 0.4) is 0 Å². The summed E-state index contributed by atoms with van der Waals surface area (Å²) in [4.78, 5) is 0.306. The molecule has 0 N–H and O–H groups in total. The van der Waals surface area contributed by atoms with Crippen LogP contribution in [0, 0.1) is 0 Å².